The molecule has 0 aliphatic rings. The van der Waals surface area contributed by atoms with Gasteiger partial charge in [0.1, 0.15) is 0 Å². The first-order valence-electron chi connectivity index (χ1n) is 6.91. The van der Waals surface area contributed by atoms with E-state index in [-0.39, 0.29) is 0 Å². The number of fused-ring (bicyclic) bond motifs is 2. The molecular weight excluding hydrogens is 308 g/mol. The minimum Gasteiger partial charge on any atom is -0.158 e. The van der Waals surface area contributed by atoms with Gasteiger partial charge in [0.15, 0.2) is 0 Å². The summed E-state index contributed by atoms with van der Waals surface area (Å²) in [5.74, 6) is 0. The van der Waals surface area contributed by atoms with Gasteiger partial charge in [-0.25, -0.2) is 0 Å². The van der Waals surface area contributed by atoms with Crippen molar-refractivity contribution in [3.8, 4) is 0 Å². The molecule has 2 nitrogen and oxygen atoms in total. The smallest absolute Gasteiger partial charge is 0.0582 e. The van der Waals surface area contributed by atoms with Crippen LogP contribution < -0.4 is 0 Å². The van der Waals surface area contributed by atoms with Gasteiger partial charge in [0.25, 0.3) is 0 Å². The van der Waals surface area contributed by atoms with Gasteiger partial charge >= 0.3 is 0 Å². The summed E-state index contributed by atoms with van der Waals surface area (Å²) in [6, 6.07) is 16.7. The molecule has 0 aliphatic carbocycles. The molecule has 0 amide bonds. The van der Waals surface area contributed by atoms with Crippen LogP contribution in [0.15, 0.2) is 69.5 Å². The Kier molecular flexibility index (Phi) is 3.54. The molecule has 106 valence electrons. The summed E-state index contributed by atoms with van der Waals surface area (Å²) >= 11 is 3.46. The largest absolute Gasteiger partial charge is 0.158 e. The minimum absolute atomic E-state index is 1.12. The van der Waals surface area contributed by atoms with E-state index in [0.717, 1.165) is 11.1 Å². The second-order valence-electron chi connectivity index (χ2n) is 4.86. The van der Waals surface area contributed by atoms with Crippen LogP contribution in [0.25, 0.3) is 20.2 Å². The lowest BCUT2D eigenvalue weighted by atomic mass is 10.2. The summed E-state index contributed by atoms with van der Waals surface area (Å²) in [4.78, 5) is 0. The van der Waals surface area contributed by atoms with Crippen LogP contribution >= 0.6 is 22.7 Å². The molecule has 0 saturated heterocycles. The molecule has 0 atom stereocenters. The number of nitrogens with zero attached hydrogens (tertiary/aromatic N) is 2. The van der Waals surface area contributed by atoms with Gasteiger partial charge in [-0.2, -0.15) is 10.2 Å². The summed E-state index contributed by atoms with van der Waals surface area (Å²) in [7, 11) is 0. The number of rotatable bonds is 3. The van der Waals surface area contributed by atoms with Crippen LogP contribution in [0.1, 0.15) is 11.1 Å². The maximum Gasteiger partial charge on any atom is 0.0582 e. The standard InChI is InChI=1S/C18H12N2S2/c1-3-7-17-15(5-1)13(11-21-17)9-19-20-10-14-12-22-18-8-4-2-6-16(14)18/h1-12H/b19-9+,20-10?. The molecule has 4 aromatic rings. The summed E-state index contributed by atoms with van der Waals surface area (Å²) in [5.41, 5.74) is 2.24. The first kappa shape index (κ1) is 13.4. The highest BCUT2D eigenvalue weighted by Gasteiger charge is 2.01. The molecule has 0 aliphatic heterocycles. The summed E-state index contributed by atoms with van der Waals surface area (Å²) in [5, 5.41) is 15.1. The Morgan fingerprint density at radius 2 is 1.09 bits per heavy atom. The van der Waals surface area contributed by atoms with E-state index < -0.39 is 0 Å². The van der Waals surface area contributed by atoms with Gasteiger partial charge in [0.2, 0.25) is 0 Å². The molecular formula is C18H12N2S2. The minimum atomic E-state index is 1.12. The average molecular weight is 320 g/mol. The number of hydrogen-bond acceptors (Lipinski definition) is 4. The molecule has 0 unspecified atom stereocenters. The molecule has 2 heterocycles. The van der Waals surface area contributed by atoms with Crippen LogP contribution in [0.4, 0.5) is 0 Å². The lowest BCUT2D eigenvalue weighted by Crippen LogP contribution is -1.78. The number of thiophene rings is 2. The Hall–Kier alpha value is -2.30. The van der Waals surface area contributed by atoms with Crippen molar-refractivity contribution >= 4 is 55.3 Å². The van der Waals surface area contributed by atoms with Crippen LogP contribution in [-0.4, -0.2) is 12.4 Å². The molecule has 0 N–H and O–H groups in total. The maximum atomic E-state index is 4.20. The van der Waals surface area contributed by atoms with Crippen molar-refractivity contribution in [2.24, 2.45) is 10.2 Å². The Bertz CT molecular complexity index is 910. The molecule has 0 bridgehead atoms. The summed E-state index contributed by atoms with van der Waals surface area (Å²) < 4.78 is 2.55. The number of benzene rings is 2. The van der Waals surface area contributed by atoms with E-state index in [9.17, 15) is 0 Å². The van der Waals surface area contributed by atoms with Crippen molar-refractivity contribution in [2.75, 3.05) is 0 Å². The molecule has 0 radical (unpaired) electrons. The average Bonchev–Trinajstić information content (AvgIpc) is 3.16. The first-order chi connectivity index (χ1) is 10.9. The summed E-state index contributed by atoms with van der Waals surface area (Å²) in [6.07, 6.45) is 3.65. The fourth-order valence-corrected chi connectivity index (χ4v) is 4.21. The molecule has 4 heteroatoms. The Balaban J connectivity index is 1.59. The van der Waals surface area contributed by atoms with Crippen LogP contribution in [0.2, 0.25) is 0 Å². The van der Waals surface area contributed by atoms with E-state index in [1.165, 1.54) is 20.2 Å². The van der Waals surface area contributed by atoms with Gasteiger partial charge in [-0.1, -0.05) is 36.4 Å². The maximum absolute atomic E-state index is 4.20. The molecule has 2 aromatic carbocycles. The van der Waals surface area contributed by atoms with Crippen molar-refractivity contribution in [1.29, 1.82) is 0 Å². The van der Waals surface area contributed by atoms with E-state index >= 15 is 0 Å². The third-order valence-corrected chi connectivity index (χ3v) is 5.45. The predicted octanol–water partition coefficient (Wildman–Crippen LogP) is 5.57. The van der Waals surface area contributed by atoms with Gasteiger partial charge in [0.05, 0.1) is 12.4 Å². The van der Waals surface area contributed by atoms with Crippen LogP contribution in [-0.2, 0) is 0 Å². The van der Waals surface area contributed by atoms with Gasteiger partial charge in [0, 0.05) is 42.1 Å². The van der Waals surface area contributed by atoms with Gasteiger partial charge < -0.3 is 0 Å². The Morgan fingerprint density at radius 3 is 1.59 bits per heavy atom. The van der Waals surface area contributed by atoms with Crippen LogP contribution in [0.5, 0.6) is 0 Å². The van der Waals surface area contributed by atoms with Crippen molar-refractivity contribution < 1.29 is 0 Å². The highest BCUT2D eigenvalue weighted by atomic mass is 32.1. The molecule has 0 spiro atoms. The van der Waals surface area contributed by atoms with E-state index in [0.29, 0.717) is 0 Å². The highest BCUT2D eigenvalue weighted by molar-refractivity contribution is 7.17. The third kappa shape index (κ3) is 2.47. The van der Waals surface area contributed by atoms with E-state index in [1.807, 2.05) is 24.6 Å². The topological polar surface area (TPSA) is 24.7 Å². The predicted molar refractivity (Wildman–Crippen MR) is 98.8 cm³/mol. The Morgan fingerprint density at radius 1 is 0.636 bits per heavy atom. The molecule has 2 aromatic heterocycles. The first-order valence-corrected chi connectivity index (χ1v) is 8.66. The second-order valence-corrected chi connectivity index (χ2v) is 6.69. The van der Waals surface area contributed by atoms with Crippen molar-refractivity contribution in [3.63, 3.8) is 0 Å². The fraction of sp³-hybridized carbons (Fsp3) is 0. The second kappa shape index (κ2) is 5.83. The monoisotopic (exact) mass is 320 g/mol. The molecule has 22 heavy (non-hydrogen) atoms. The molecule has 0 saturated carbocycles. The van der Waals surface area contributed by atoms with Crippen LogP contribution in [0.3, 0.4) is 0 Å². The zero-order valence-corrected chi connectivity index (χ0v) is 13.3. The van der Waals surface area contributed by atoms with E-state index in [2.05, 4.69) is 57.4 Å². The SMILES string of the molecule is C(=N/N=C/c1csc2ccccc12)c1csc2ccccc12. The zero-order valence-electron chi connectivity index (χ0n) is 11.6. The summed E-state index contributed by atoms with van der Waals surface area (Å²) in [6.45, 7) is 0. The lowest BCUT2D eigenvalue weighted by molar-refractivity contribution is 1.27. The van der Waals surface area contributed by atoms with E-state index in [4.69, 9.17) is 0 Å². The Labute approximate surface area is 136 Å². The normalized spacial score (nSPS) is 12.2. The lowest BCUT2D eigenvalue weighted by Gasteiger charge is -1.90. The highest BCUT2D eigenvalue weighted by Crippen LogP contribution is 2.25. The van der Waals surface area contributed by atoms with Crippen molar-refractivity contribution in [2.45, 2.75) is 0 Å². The molecule has 4 rings (SSSR count). The number of hydrogen-bond donors (Lipinski definition) is 0. The van der Waals surface area contributed by atoms with Crippen molar-refractivity contribution in [3.05, 3.63) is 70.4 Å². The van der Waals surface area contributed by atoms with Gasteiger partial charge in [-0.05, 0) is 12.1 Å². The van der Waals surface area contributed by atoms with Crippen LogP contribution in [0, 0.1) is 0 Å². The van der Waals surface area contributed by atoms with Crippen molar-refractivity contribution in [1.82, 2.24) is 0 Å². The third-order valence-electron chi connectivity index (χ3n) is 3.48. The van der Waals surface area contributed by atoms with Gasteiger partial charge in [-0.15, -0.1) is 22.7 Å². The molecule has 0 fully saturated rings. The van der Waals surface area contributed by atoms with Gasteiger partial charge in [-0.3, -0.25) is 0 Å². The van der Waals surface area contributed by atoms with E-state index in [1.54, 1.807) is 22.7 Å². The zero-order chi connectivity index (χ0) is 14.8. The fourth-order valence-electron chi connectivity index (χ4n) is 2.39. The quantitative estimate of drug-likeness (QED) is 0.348.